The molecule has 0 unspecified atom stereocenters. The largest absolute Gasteiger partial charge is 0.490 e. The van der Waals surface area contributed by atoms with Crippen LogP contribution < -0.4 is 9.47 Å². The first-order valence-corrected chi connectivity index (χ1v) is 16.1. The Morgan fingerprint density at radius 2 is 1.56 bits per heavy atom. The number of Topliss-reactive ketones (excluding diaryl/α,β-unsaturated/α-hetero) is 2. The number of carbonyl (C=O) groups excluding carboxylic acids is 2. The number of rotatable bonds is 9. The third kappa shape index (κ3) is 6.59. The fraction of sp³-hybridized carbons (Fsp3) is 0.486. The molecule has 5 rings (SSSR count). The van der Waals surface area contributed by atoms with Crippen LogP contribution in [0.2, 0.25) is 5.02 Å². The first kappa shape index (κ1) is 31.8. The van der Waals surface area contributed by atoms with Crippen molar-refractivity contribution in [2.75, 3.05) is 26.9 Å². The van der Waals surface area contributed by atoms with Crippen molar-refractivity contribution in [3.05, 3.63) is 79.6 Å². The zero-order valence-electron chi connectivity index (χ0n) is 25.9. The van der Waals surface area contributed by atoms with Gasteiger partial charge in [-0.05, 0) is 81.9 Å². The molecule has 1 heterocycles. The number of ether oxygens (including phenoxy) is 3. The van der Waals surface area contributed by atoms with Crippen molar-refractivity contribution in [1.29, 1.82) is 0 Å². The zero-order valence-corrected chi connectivity index (χ0v) is 28.3. The summed E-state index contributed by atoms with van der Waals surface area (Å²) < 4.78 is 18.6. The van der Waals surface area contributed by atoms with Gasteiger partial charge in [0.1, 0.15) is 6.61 Å². The topological polar surface area (TPSA) is 65.1 Å². The van der Waals surface area contributed by atoms with Crippen molar-refractivity contribution in [2.45, 2.75) is 72.8 Å². The maximum absolute atomic E-state index is 14.1. The summed E-state index contributed by atoms with van der Waals surface area (Å²) >= 11 is 9.94. The minimum absolute atomic E-state index is 0.0956. The molecule has 6 nitrogen and oxygen atoms in total. The highest BCUT2D eigenvalue weighted by molar-refractivity contribution is 9.10. The van der Waals surface area contributed by atoms with Crippen LogP contribution >= 0.6 is 27.5 Å². The molecule has 230 valence electrons. The summed E-state index contributed by atoms with van der Waals surface area (Å²) in [4.78, 5) is 30.4. The second-order valence-corrected chi connectivity index (χ2v) is 14.7. The summed E-state index contributed by atoms with van der Waals surface area (Å²) in [7, 11) is 1.69. The van der Waals surface area contributed by atoms with E-state index in [0.717, 1.165) is 46.5 Å². The van der Waals surface area contributed by atoms with Gasteiger partial charge in [-0.3, -0.25) is 9.59 Å². The third-order valence-electron chi connectivity index (χ3n) is 8.48. The molecule has 0 radical (unpaired) electrons. The molecule has 1 aliphatic heterocycles. The Kier molecular flexibility index (Phi) is 9.18. The van der Waals surface area contributed by atoms with E-state index < -0.39 is 5.92 Å². The van der Waals surface area contributed by atoms with Crippen LogP contribution in [0, 0.1) is 10.8 Å². The summed E-state index contributed by atoms with van der Waals surface area (Å²) in [5.41, 5.74) is 4.89. The number of hydrogen-bond donors (Lipinski definition) is 0. The molecule has 0 amide bonds. The molecule has 43 heavy (non-hydrogen) atoms. The average Bonchev–Trinajstić information content (AvgIpc) is 2.90. The number of carbonyl (C=O) groups is 2. The van der Waals surface area contributed by atoms with Crippen molar-refractivity contribution in [3.8, 4) is 11.5 Å². The van der Waals surface area contributed by atoms with E-state index in [2.05, 4.69) is 48.5 Å². The Balaban J connectivity index is 1.67. The van der Waals surface area contributed by atoms with Crippen LogP contribution in [-0.2, 0) is 20.9 Å². The summed E-state index contributed by atoms with van der Waals surface area (Å²) in [6.45, 7) is 12.3. The predicted octanol–water partition coefficient (Wildman–Crippen LogP) is 8.41. The van der Waals surface area contributed by atoms with Crippen LogP contribution in [0.3, 0.4) is 0 Å². The van der Waals surface area contributed by atoms with Crippen molar-refractivity contribution >= 4 is 39.1 Å². The van der Waals surface area contributed by atoms with Crippen LogP contribution in [-0.4, -0.2) is 43.3 Å². The van der Waals surface area contributed by atoms with Gasteiger partial charge in [-0.25, -0.2) is 0 Å². The highest BCUT2D eigenvalue weighted by Crippen LogP contribution is 2.55. The fourth-order valence-corrected chi connectivity index (χ4v) is 7.56. The SMILES string of the molecule is CCOc1cc(C2C3=C(CC(C)(C)CC3=O)N(CCOC)C3=C2C(=O)CC(C)(C)C3)cc(Br)c1OCc1cccc(Cl)c1. The van der Waals surface area contributed by atoms with E-state index in [1.165, 1.54) is 0 Å². The number of hydrogen-bond acceptors (Lipinski definition) is 6. The highest BCUT2D eigenvalue weighted by atomic mass is 79.9. The first-order valence-electron chi connectivity index (χ1n) is 15.0. The highest BCUT2D eigenvalue weighted by Gasteiger charge is 2.49. The Morgan fingerprint density at radius 1 is 0.930 bits per heavy atom. The van der Waals surface area contributed by atoms with Crippen molar-refractivity contribution in [3.63, 3.8) is 0 Å². The molecule has 2 aromatic rings. The van der Waals surface area contributed by atoms with Gasteiger partial charge in [0.15, 0.2) is 23.1 Å². The number of allylic oxidation sites excluding steroid dienone is 4. The normalized spacial score (nSPS) is 19.9. The van der Waals surface area contributed by atoms with Gasteiger partial charge in [-0.15, -0.1) is 0 Å². The Bertz CT molecular complexity index is 1450. The lowest BCUT2D eigenvalue weighted by atomic mass is 9.63. The van der Waals surface area contributed by atoms with Crippen LogP contribution in [0.15, 0.2) is 63.4 Å². The minimum Gasteiger partial charge on any atom is -0.490 e. The lowest BCUT2D eigenvalue weighted by Gasteiger charge is -2.49. The molecular weight excluding hydrogens is 630 g/mol. The fourth-order valence-electron chi connectivity index (χ4n) is 6.77. The molecule has 2 aliphatic carbocycles. The number of methoxy groups -OCH3 is 1. The van der Waals surface area contributed by atoms with Crippen LogP contribution in [0.1, 0.15) is 77.3 Å². The molecule has 0 atom stereocenters. The Hall–Kier alpha value is -2.61. The quantitative estimate of drug-likeness (QED) is 0.267. The van der Waals surface area contributed by atoms with E-state index in [1.807, 2.05) is 43.3 Å². The smallest absolute Gasteiger partial charge is 0.175 e. The van der Waals surface area contributed by atoms with Crippen LogP contribution in [0.25, 0.3) is 0 Å². The number of benzene rings is 2. The molecule has 3 aliphatic rings. The standard InChI is InChI=1S/C35H41BrClNO5/c1-7-42-29-15-22(14-24(36)33(29)43-20-21-9-8-10-23(37)13-21)30-31-25(16-34(2,3)18-27(31)39)38(11-12-41-6)26-17-35(4,5)19-28(40)32(26)30/h8-10,13-15,30H,7,11-12,16-20H2,1-6H3. The Labute approximate surface area is 268 Å². The van der Waals surface area contributed by atoms with Crippen molar-refractivity contribution in [2.24, 2.45) is 10.8 Å². The van der Waals surface area contributed by atoms with Crippen molar-refractivity contribution in [1.82, 2.24) is 4.90 Å². The molecule has 0 bridgehead atoms. The van der Waals surface area contributed by atoms with Crippen LogP contribution in [0.4, 0.5) is 0 Å². The average molecular weight is 671 g/mol. The molecule has 0 fully saturated rings. The van der Waals surface area contributed by atoms with Gasteiger partial charge in [0.25, 0.3) is 0 Å². The summed E-state index contributed by atoms with van der Waals surface area (Å²) in [6.07, 6.45) is 2.37. The van der Waals surface area contributed by atoms with E-state index in [4.69, 9.17) is 25.8 Å². The van der Waals surface area contributed by atoms with Gasteiger partial charge in [0.05, 0.1) is 17.7 Å². The third-order valence-corrected chi connectivity index (χ3v) is 9.30. The molecule has 0 N–H and O–H groups in total. The van der Waals surface area contributed by atoms with E-state index in [-0.39, 0.29) is 22.4 Å². The van der Waals surface area contributed by atoms with Gasteiger partial charge >= 0.3 is 0 Å². The lowest BCUT2D eigenvalue weighted by molar-refractivity contribution is -0.119. The van der Waals surface area contributed by atoms with E-state index in [0.29, 0.717) is 60.2 Å². The maximum Gasteiger partial charge on any atom is 0.175 e. The maximum atomic E-state index is 14.1. The molecule has 2 aromatic carbocycles. The number of nitrogens with zero attached hydrogens (tertiary/aromatic N) is 1. The molecule has 8 heteroatoms. The second kappa shape index (κ2) is 12.4. The Morgan fingerprint density at radius 3 is 2.12 bits per heavy atom. The molecule has 0 aromatic heterocycles. The van der Waals surface area contributed by atoms with E-state index in [9.17, 15) is 9.59 Å². The molecule has 0 spiro atoms. The monoisotopic (exact) mass is 669 g/mol. The number of halogens is 2. The molecular formula is C35H41BrClNO5. The van der Waals surface area contributed by atoms with Gasteiger partial charge in [-0.1, -0.05) is 51.4 Å². The van der Waals surface area contributed by atoms with Crippen molar-refractivity contribution < 1.29 is 23.8 Å². The first-order chi connectivity index (χ1) is 20.3. The second-order valence-electron chi connectivity index (χ2n) is 13.4. The van der Waals surface area contributed by atoms with Gasteiger partial charge in [-0.2, -0.15) is 0 Å². The van der Waals surface area contributed by atoms with E-state index >= 15 is 0 Å². The van der Waals surface area contributed by atoms with Gasteiger partial charge < -0.3 is 19.1 Å². The van der Waals surface area contributed by atoms with Gasteiger partial charge in [0, 0.05) is 60.0 Å². The predicted molar refractivity (Wildman–Crippen MR) is 173 cm³/mol. The lowest BCUT2D eigenvalue weighted by Crippen LogP contribution is -2.45. The summed E-state index contributed by atoms with van der Waals surface area (Å²) in [5.74, 6) is 0.843. The number of ketones is 2. The summed E-state index contributed by atoms with van der Waals surface area (Å²) in [5, 5.41) is 0.645. The van der Waals surface area contributed by atoms with Gasteiger partial charge in [0.2, 0.25) is 0 Å². The summed E-state index contributed by atoms with van der Waals surface area (Å²) in [6, 6.07) is 11.5. The van der Waals surface area contributed by atoms with Crippen LogP contribution in [0.5, 0.6) is 11.5 Å². The zero-order chi connectivity index (χ0) is 31.1. The van der Waals surface area contributed by atoms with E-state index in [1.54, 1.807) is 7.11 Å². The molecule has 0 saturated heterocycles. The molecule has 0 saturated carbocycles. The minimum atomic E-state index is -0.478.